The predicted molar refractivity (Wildman–Crippen MR) is 91.3 cm³/mol. The highest BCUT2D eigenvalue weighted by molar-refractivity contribution is 5.67. The largest absolute Gasteiger partial charge is 0.508 e. The number of alkyl carbamates (subject to hydrolysis) is 1. The molecule has 0 heterocycles. The minimum Gasteiger partial charge on any atom is -0.508 e. The molecule has 0 saturated heterocycles. The lowest BCUT2D eigenvalue weighted by atomic mass is 9.82. The minimum absolute atomic E-state index is 0.0379. The summed E-state index contributed by atoms with van der Waals surface area (Å²) in [5, 5.41) is 22.4. The summed E-state index contributed by atoms with van der Waals surface area (Å²) in [7, 11) is 0. The SMILES string of the molecule is O=C(NC1CCCCC1)O[C@H]1CC[C@H](c2ccc(O)cc2O)CC1. The van der Waals surface area contributed by atoms with E-state index < -0.39 is 0 Å². The average Bonchev–Trinajstić information content (AvgIpc) is 2.57. The molecule has 1 aromatic carbocycles. The van der Waals surface area contributed by atoms with Gasteiger partial charge in [0, 0.05) is 12.1 Å². The third kappa shape index (κ3) is 4.34. The Balaban J connectivity index is 1.45. The molecule has 24 heavy (non-hydrogen) atoms. The lowest BCUT2D eigenvalue weighted by Crippen LogP contribution is -2.39. The van der Waals surface area contributed by atoms with Crippen molar-refractivity contribution in [2.45, 2.75) is 75.9 Å². The van der Waals surface area contributed by atoms with Crippen LogP contribution in [0.2, 0.25) is 0 Å². The Kier molecular flexibility index (Phi) is 5.48. The number of rotatable bonds is 3. The summed E-state index contributed by atoms with van der Waals surface area (Å²) in [6.45, 7) is 0. The topological polar surface area (TPSA) is 78.8 Å². The number of nitrogens with one attached hydrogen (secondary N) is 1. The maximum Gasteiger partial charge on any atom is 0.407 e. The van der Waals surface area contributed by atoms with Gasteiger partial charge in [-0.05, 0) is 56.1 Å². The fraction of sp³-hybridized carbons (Fsp3) is 0.632. The Morgan fingerprint density at radius 3 is 2.38 bits per heavy atom. The third-order valence-corrected chi connectivity index (χ3v) is 5.33. The van der Waals surface area contributed by atoms with Gasteiger partial charge in [-0.2, -0.15) is 0 Å². The van der Waals surface area contributed by atoms with Crippen LogP contribution in [0.5, 0.6) is 11.5 Å². The van der Waals surface area contributed by atoms with Gasteiger partial charge >= 0.3 is 6.09 Å². The van der Waals surface area contributed by atoms with Crippen molar-refractivity contribution < 1.29 is 19.7 Å². The molecule has 3 rings (SSSR count). The quantitative estimate of drug-likeness (QED) is 0.775. The molecule has 0 aromatic heterocycles. The summed E-state index contributed by atoms with van der Waals surface area (Å²) < 4.78 is 5.58. The lowest BCUT2D eigenvalue weighted by Gasteiger charge is -2.30. The first-order valence-electron chi connectivity index (χ1n) is 9.11. The second-order valence-corrected chi connectivity index (χ2v) is 7.10. The third-order valence-electron chi connectivity index (χ3n) is 5.33. The first-order chi connectivity index (χ1) is 11.6. The van der Waals surface area contributed by atoms with Crippen molar-refractivity contribution in [2.75, 3.05) is 0 Å². The number of benzene rings is 1. The number of carbonyl (C=O) groups is 1. The number of phenolic OH excluding ortho intramolecular Hbond substituents is 2. The lowest BCUT2D eigenvalue weighted by molar-refractivity contribution is 0.0677. The smallest absolute Gasteiger partial charge is 0.407 e. The fourth-order valence-corrected chi connectivity index (χ4v) is 3.97. The summed E-state index contributed by atoms with van der Waals surface area (Å²) in [5.74, 6) is 0.480. The van der Waals surface area contributed by atoms with Crippen LogP contribution in [-0.2, 0) is 4.74 Å². The van der Waals surface area contributed by atoms with Gasteiger partial charge in [-0.25, -0.2) is 4.79 Å². The molecule has 2 fully saturated rings. The van der Waals surface area contributed by atoms with Gasteiger partial charge in [0.1, 0.15) is 17.6 Å². The van der Waals surface area contributed by atoms with Gasteiger partial charge in [0.2, 0.25) is 0 Å². The van der Waals surface area contributed by atoms with Crippen molar-refractivity contribution in [3.05, 3.63) is 23.8 Å². The highest BCUT2D eigenvalue weighted by Gasteiger charge is 2.27. The van der Waals surface area contributed by atoms with Crippen molar-refractivity contribution in [3.8, 4) is 11.5 Å². The van der Waals surface area contributed by atoms with Gasteiger partial charge in [0.25, 0.3) is 0 Å². The van der Waals surface area contributed by atoms with Crippen LogP contribution in [0.3, 0.4) is 0 Å². The molecule has 0 unspecified atom stereocenters. The van der Waals surface area contributed by atoms with Gasteiger partial charge in [-0.15, -0.1) is 0 Å². The van der Waals surface area contributed by atoms with E-state index in [0.29, 0.717) is 0 Å². The van der Waals surface area contributed by atoms with Gasteiger partial charge in [0.05, 0.1) is 0 Å². The number of aromatic hydroxyl groups is 2. The summed E-state index contributed by atoms with van der Waals surface area (Å²) >= 11 is 0. The zero-order chi connectivity index (χ0) is 16.9. The number of amides is 1. The van der Waals surface area contributed by atoms with Crippen LogP contribution >= 0.6 is 0 Å². The molecule has 0 atom stereocenters. The van der Waals surface area contributed by atoms with E-state index in [1.165, 1.54) is 25.3 Å². The van der Waals surface area contributed by atoms with E-state index in [4.69, 9.17) is 4.74 Å². The number of hydrogen-bond acceptors (Lipinski definition) is 4. The molecule has 2 aliphatic carbocycles. The average molecular weight is 333 g/mol. The fourth-order valence-electron chi connectivity index (χ4n) is 3.97. The molecule has 2 aliphatic rings. The van der Waals surface area contributed by atoms with Crippen molar-refractivity contribution in [2.24, 2.45) is 0 Å². The molecular weight excluding hydrogens is 306 g/mol. The monoisotopic (exact) mass is 333 g/mol. The molecule has 0 aliphatic heterocycles. The van der Waals surface area contributed by atoms with Crippen LogP contribution in [0, 0.1) is 0 Å². The molecule has 132 valence electrons. The van der Waals surface area contributed by atoms with Crippen molar-refractivity contribution in [1.29, 1.82) is 0 Å². The van der Waals surface area contributed by atoms with Crippen LogP contribution in [-0.4, -0.2) is 28.5 Å². The zero-order valence-electron chi connectivity index (χ0n) is 14.0. The second-order valence-electron chi connectivity index (χ2n) is 7.10. The van der Waals surface area contributed by atoms with E-state index in [1.807, 2.05) is 0 Å². The Hall–Kier alpha value is -1.91. The van der Waals surface area contributed by atoms with Gasteiger partial charge in [-0.1, -0.05) is 25.3 Å². The molecule has 0 spiro atoms. The van der Waals surface area contributed by atoms with E-state index in [1.54, 1.807) is 12.1 Å². The van der Waals surface area contributed by atoms with E-state index in [9.17, 15) is 15.0 Å². The molecule has 1 aromatic rings. The van der Waals surface area contributed by atoms with Gasteiger partial charge < -0.3 is 20.3 Å². The summed E-state index contributed by atoms with van der Waals surface area (Å²) in [5.41, 5.74) is 0.873. The van der Waals surface area contributed by atoms with E-state index >= 15 is 0 Å². The predicted octanol–water partition coefficient (Wildman–Crippen LogP) is 4.18. The molecule has 0 bridgehead atoms. The minimum atomic E-state index is -0.280. The Morgan fingerprint density at radius 2 is 1.71 bits per heavy atom. The van der Waals surface area contributed by atoms with Crippen molar-refractivity contribution in [1.82, 2.24) is 5.32 Å². The van der Waals surface area contributed by atoms with Crippen molar-refractivity contribution in [3.63, 3.8) is 0 Å². The molecular formula is C19H27NO4. The number of carbonyl (C=O) groups excluding carboxylic acids is 1. The van der Waals surface area contributed by atoms with Crippen LogP contribution in [0.1, 0.15) is 69.3 Å². The molecule has 3 N–H and O–H groups in total. The molecule has 0 radical (unpaired) electrons. The summed E-state index contributed by atoms with van der Waals surface area (Å²) in [4.78, 5) is 12.0. The van der Waals surface area contributed by atoms with Crippen molar-refractivity contribution >= 4 is 6.09 Å². The Labute approximate surface area is 143 Å². The highest BCUT2D eigenvalue weighted by atomic mass is 16.6. The Bertz CT molecular complexity index is 560. The van der Waals surface area contributed by atoms with Crippen LogP contribution in [0.15, 0.2) is 18.2 Å². The van der Waals surface area contributed by atoms with E-state index in [-0.39, 0.29) is 35.7 Å². The zero-order valence-corrected chi connectivity index (χ0v) is 14.0. The van der Waals surface area contributed by atoms with Crippen LogP contribution < -0.4 is 5.32 Å². The van der Waals surface area contributed by atoms with Crippen LogP contribution in [0.4, 0.5) is 4.79 Å². The van der Waals surface area contributed by atoms with E-state index in [0.717, 1.165) is 44.1 Å². The molecule has 2 saturated carbocycles. The summed E-state index contributed by atoms with van der Waals surface area (Å²) in [6.07, 6.45) is 8.80. The second kappa shape index (κ2) is 7.77. The van der Waals surface area contributed by atoms with E-state index in [2.05, 4.69) is 5.32 Å². The number of hydrogen-bond donors (Lipinski definition) is 3. The van der Waals surface area contributed by atoms with Gasteiger partial charge in [0.15, 0.2) is 0 Å². The number of phenols is 2. The Morgan fingerprint density at radius 1 is 1.00 bits per heavy atom. The standard InChI is InChI=1S/C19H27NO4/c21-15-8-11-17(18(22)12-15)13-6-9-16(10-7-13)24-19(23)20-14-4-2-1-3-5-14/h8,11-14,16,21-22H,1-7,9-10H2,(H,20,23)/t13-,16-. The van der Waals surface area contributed by atoms with Crippen LogP contribution in [0.25, 0.3) is 0 Å². The molecule has 5 heteroatoms. The highest BCUT2D eigenvalue weighted by Crippen LogP contribution is 2.39. The summed E-state index contributed by atoms with van der Waals surface area (Å²) in [6, 6.07) is 5.05. The first-order valence-corrected chi connectivity index (χ1v) is 9.11. The maximum absolute atomic E-state index is 12.0. The normalized spacial score (nSPS) is 25.2. The first kappa shape index (κ1) is 16.9. The molecule has 5 nitrogen and oxygen atoms in total. The maximum atomic E-state index is 12.0. The molecule has 1 amide bonds. The van der Waals surface area contributed by atoms with Gasteiger partial charge in [-0.3, -0.25) is 0 Å². The number of ether oxygens (including phenoxy) is 1.